The van der Waals surface area contributed by atoms with Gasteiger partial charge in [-0.3, -0.25) is 19.7 Å². The number of nitrogens with one attached hydrogen (secondary N) is 1. The Bertz CT molecular complexity index is 1050. The fourth-order valence-electron chi connectivity index (χ4n) is 3.09. The number of non-ortho nitro benzene ring substituents is 1. The summed E-state index contributed by atoms with van der Waals surface area (Å²) in [5.74, 6) is -1.44. The number of nitro benzene ring substituents is 1. The number of amides is 3. The number of nitro groups is 1. The number of ether oxygens (including phenoxy) is 1. The van der Waals surface area contributed by atoms with Crippen molar-refractivity contribution < 1.29 is 24.0 Å². The predicted molar refractivity (Wildman–Crippen MR) is 110 cm³/mol. The molecule has 0 unspecified atom stereocenters. The first-order valence-corrected chi connectivity index (χ1v) is 10.0. The minimum Gasteiger partial charge on any atom is -0.450 e. The molecular formula is C18H17ClN4O6S. The van der Waals surface area contributed by atoms with Crippen LogP contribution in [-0.2, 0) is 17.7 Å². The molecule has 1 aromatic carbocycles. The summed E-state index contributed by atoms with van der Waals surface area (Å²) in [6.45, 7) is 2.50. The smallest absolute Gasteiger partial charge is 0.410 e. The van der Waals surface area contributed by atoms with Crippen molar-refractivity contribution in [3.05, 3.63) is 54.9 Å². The first-order chi connectivity index (χ1) is 14.2. The molecule has 30 heavy (non-hydrogen) atoms. The van der Waals surface area contributed by atoms with Gasteiger partial charge in [0.25, 0.3) is 17.5 Å². The van der Waals surface area contributed by atoms with E-state index in [-0.39, 0.29) is 40.0 Å². The van der Waals surface area contributed by atoms with E-state index in [1.54, 1.807) is 6.92 Å². The van der Waals surface area contributed by atoms with Gasteiger partial charge < -0.3 is 20.7 Å². The van der Waals surface area contributed by atoms with Crippen LogP contribution in [0.25, 0.3) is 0 Å². The molecular weight excluding hydrogens is 436 g/mol. The summed E-state index contributed by atoms with van der Waals surface area (Å²) in [5.41, 5.74) is 5.94. The molecule has 1 aliphatic heterocycles. The van der Waals surface area contributed by atoms with Crippen LogP contribution in [0.3, 0.4) is 0 Å². The van der Waals surface area contributed by atoms with Crippen LogP contribution in [0.4, 0.5) is 15.5 Å². The number of hydrogen-bond acceptors (Lipinski definition) is 7. The quantitative estimate of drug-likeness (QED) is 0.526. The summed E-state index contributed by atoms with van der Waals surface area (Å²) >= 11 is 7.13. The SMILES string of the molecule is CCOC(=O)N1CCc2c(sc(NC(=O)c3cc([N+](=O)[O-])ccc3Cl)c2C(N)=O)C1. The number of fused-ring (bicyclic) bond motifs is 1. The monoisotopic (exact) mass is 452 g/mol. The molecule has 1 aromatic heterocycles. The molecule has 0 fully saturated rings. The molecule has 3 rings (SSSR count). The molecule has 3 N–H and O–H groups in total. The van der Waals surface area contributed by atoms with Crippen molar-refractivity contribution in [3.63, 3.8) is 0 Å². The second-order valence-electron chi connectivity index (χ2n) is 6.32. The van der Waals surface area contributed by atoms with Gasteiger partial charge in [-0.1, -0.05) is 11.6 Å². The molecule has 0 bridgehead atoms. The zero-order valence-electron chi connectivity index (χ0n) is 15.8. The Balaban J connectivity index is 1.91. The van der Waals surface area contributed by atoms with Crippen LogP contribution >= 0.6 is 22.9 Å². The lowest BCUT2D eigenvalue weighted by Gasteiger charge is -2.26. The highest BCUT2D eigenvalue weighted by Crippen LogP contribution is 2.37. The van der Waals surface area contributed by atoms with Crippen molar-refractivity contribution in [2.24, 2.45) is 5.73 Å². The van der Waals surface area contributed by atoms with Crippen molar-refractivity contribution in [1.82, 2.24) is 4.90 Å². The van der Waals surface area contributed by atoms with Gasteiger partial charge in [0.1, 0.15) is 5.00 Å². The Morgan fingerprint density at radius 1 is 1.40 bits per heavy atom. The Hall–Kier alpha value is -3.18. The number of benzene rings is 1. The van der Waals surface area contributed by atoms with Crippen LogP contribution in [0.1, 0.15) is 38.1 Å². The standard InChI is InChI=1S/C18H17ClN4O6S/c1-2-29-18(26)22-6-5-10-13(8-22)30-17(14(10)15(20)24)21-16(25)11-7-9(23(27)28)3-4-12(11)19/h3-4,7H,2,5-6,8H2,1H3,(H2,20,24)(H,21,25). The van der Waals surface area contributed by atoms with Gasteiger partial charge in [0.05, 0.1) is 34.2 Å². The summed E-state index contributed by atoms with van der Waals surface area (Å²) < 4.78 is 5.01. The number of anilines is 1. The van der Waals surface area contributed by atoms with Gasteiger partial charge in [-0.2, -0.15) is 0 Å². The zero-order valence-corrected chi connectivity index (χ0v) is 17.3. The highest BCUT2D eigenvalue weighted by atomic mass is 35.5. The molecule has 12 heteroatoms. The number of carbonyl (C=O) groups excluding carboxylic acids is 3. The van der Waals surface area contributed by atoms with Crippen molar-refractivity contribution in [2.45, 2.75) is 19.9 Å². The zero-order chi connectivity index (χ0) is 22.0. The highest BCUT2D eigenvalue weighted by Gasteiger charge is 2.30. The molecule has 0 atom stereocenters. The maximum atomic E-state index is 12.7. The van der Waals surface area contributed by atoms with Crippen LogP contribution in [-0.4, -0.2) is 40.9 Å². The number of thiophene rings is 1. The molecule has 0 spiro atoms. The maximum Gasteiger partial charge on any atom is 0.410 e. The lowest BCUT2D eigenvalue weighted by molar-refractivity contribution is -0.384. The largest absolute Gasteiger partial charge is 0.450 e. The fourth-order valence-corrected chi connectivity index (χ4v) is 4.56. The van der Waals surface area contributed by atoms with E-state index >= 15 is 0 Å². The molecule has 10 nitrogen and oxygen atoms in total. The molecule has 0 saturated heterocycles. The number of nitrogens with two attached hydrogens (primary N) is 1. The molecule has 158 valence electrons. The van der Waals surface area contributed by atoms with Crippen LogP contribution in [0.2, 0.25) is 5.02 Å². The van der Waals surface area contributed by atoms with E-state index in [0.29, 0.717) is 23.4 Å². The average Bonchev–Trinajstić information content (AvgIpc) is 3.05. The van der Waals surface area contributed by atoms with Gasteiger partial charge >= 0.3 is 6.09 Å². The minimum absolute atomic E-state index is 0.0218. The summed E-state index contributed by atoms with van der Waals surface area (Å²) in [4.78, 5) is 49.3. The molecule has 0 radical (unpaired) electrons. The van der Waals surface area contributed by atoms with E-state index in [2.05, 4.69) is 5.32 Å². The van der Waals surface area contributed by atoms with Crippen LogP contribution in [0, 0.1) is 10.1 Å². The number of nitrogens with zero attached hydrogens (tertiary/aromatic N) is 2. The van der Waals surface area contributed by atoms with Crippen LogP contribution < -0.4 is 11.1 Å². The van der Waals surface area contributed by atoms with Crippen LogP contribution in [0.5, 0.6) is 0 Å². The Kier molecular flexibility index (Phi) is 6.22. The summed E-state index contributed by atoms with van der Waals surface area (Å²) in [6.07, 6.45) is -0.0952. The normalized spacial score (nSPS) is 12.8. The molecule has 2 aromatic rings. The van der Waals surface area contributed by atoms with Gasteiger partial charge in [0, 0.05) is 23.6 Å². The van der Waals surface area contributed by atoms with E-state index in [4.69, 9.17) is 22.1 Å². The van der Waals surface area contributed by atoms with Gasteiger partial charge in [-0.15, -0.1) is 11.3 Å². The van der Waals surface area contributed by atoms with E-state index < -0.39 is 22.8 Å². The molecule has 2 heterocycles. The lowest BCUT2D eigenvalue weighted by atomic mass is 10.0. The third kappa shape index (κ3) is 4.21. The van der Waals surface area contributed by atoms with E-state index in [9.17, 15) is 24.5 Å². The first-order valence-electron chi connectivity index (χ1n) is 8.84. The molecule has 3 amide bonds. The lowest BCUT2D eigenvalue weighted by Crippen LogP contribution is -2.36. The molecule has 0 aliphatic carbocycles. The highest BCUT2D eigenvalue weighted by molar-refractivity contribution is 7.17. The van der Waals surface area contributed by atoms with Gasteiger partial charge in [0.15, 0.2) is 0 Å². The Morgan fingerprint density at radius 2 is 2.13 bits per heavy atom. The van der Waals surface area contributed by atoms with Crippen molar-refractivity contribution >= 4 is 51.5 Å². The number of carbonyl (C=O) groups is 3. The summed E-state index contributed by atoms with van der Waals surface area (Å²) in [5, 5.41) is 13.8. The minimum atomic E-state index is -0.725. The van der Waals surface area contributed by atoms with Crippen molar-refractivity contribution in [1.29, 1.82) is 0 Å². The van der Waals surface area contributed by atoms with Crippen LogP contribution in [0.15, 0.2) is 18.2 Å². The molecule has 1 aliphatic rings. The maximum absolute atomic E-state index is 12.7. The van der Waals surface area contributed by atoms with E-state index in [1.165, 1.54) is 17.0 Å². The predicted octanol–water partition coefficient (Wildman–Crippen LogP) is 3.18. The van der Waals surface area contributed by atoms with E-state index in [1.807, 2.05) is 0 Å². The third-order valence-electron chi connectivity index (χ3n) is 4.46. The van der Waals surface area contributed by atoms with E-state index in [0.717, 1.165) is 17.4 Å². The first kappa shape index (κ1) is 21.5. The van der Waals surface area contributed by atoms with Gasteiger partial charge in [0.2, 0.25) is 0 Å². The number of primary amides is 1. The summed E-state index contributed by atoms with van der Waals surface area (Å²) in [7, 11) is 0. The van der Waals surface area contributed by atoms with Crippen molar-refractivity contribution in [3.8, 4) is 0 Å². The topological polar surface area (TPSA) is 145 Å². The number of rotatable bonds is 5. The summed E-state index contributed by atoms with van der Waals surface area (Å²) in [6, 6.07) is 3.49. The van der Waals surface area contributed by atoms with Crippen molar-refractivity contribution in [2.75, 3.05) is 18.5 Å². The number of hydrogen-bond donors (Lipinski definition) is 2. The average molecular weight is 453 g/mol. The second-order valence-corrected chi connectivity index (χ2v) is 7.83. The Labute approximate surface area is 179 Å². The second kappa shape index (κ2) is 8.67. The Morgan fingerprint density at radius 3 is 2.77 bits per heavy atom. The third-order valence-corrected chi connectivity index (χ3v) is 5.92. The van der Waals surface area contributed by atoms with Gasteiger partial charge in [-0.25, -0.2) is 4.79 Å². The molecule has 0 saturated carbocycles. The van der Waals surface area contributed by atoms with Gasteiger partial charge in [-0.05, 0) is 25.0 Å². The fraction of sp³-hybridized carbons (Fsp3) is 0.278. The number of halogens is 1.